The summed E-state index contributed by atoms with van der Waals surface area (Å²) >= 11 is 0. The Morgan fingerprint density at radius 3 is 1.96 bits per heavy atom. The Hall–Kier alpha value is -0.980. The maximum Gasteiger partial charge on any atom is 0.0340 e. The van der Waals surface area contributed by atoms with Gasteiger partial charge in [0.15, 0.2) is 0 Å². The minimum absolute atomic E-state index is 0.814. The summed E-state index contributed by atoms with van der Waals surface area (Å²) < 4.78 is 0. The van der Waals surface area contributed by atoms with Crippen LogP contribution >= 0.6 is 0 Å². The lowest BCUT2D eigenvalue weighted by atomic mass is 9.68. The van der Waals surface area contributed by atoms with E-state index in [-0.39, 0.29) is 0 Å². The highest BCUT2D eigenvalue weighted by Gasteiger charge is 2.30. The van der Waals surface area contributed by atoms with Gasteiger partial charge in [-0.25, -0.2) is 0 Å². The number of benzene rings is 1. The van der Waals surface area contributed by atoms with Crippen LogP contribution in [-0.2, 0) is 0 Å². The molecule has 1 heteroatoms. The smallest absolute Gasteiger partial charge is 0.0340 e. The molecule has 1 N–H and O–H groups in total. The summed E-state index contributed by atoms with van der Waals surface area (Å²) in [4.78, 5) is 0. The molecule has 0 unspecified atom stereocenters. The van der Waals surface area contributed by atoms with Gasteiger partial charge in [0, 0.05) is 12.2 Å². The number of hydrogen-bond acceptors (Lipinski definition) is 1. The van der Waals surface area contributed by atoms with Crippen LogP contribution in [0.1, 0.15) is 83.1 Å². The Kier molecular flexibility index (Phi) is 6.02. The molecular formula is C22H35N. The summed E-state index contributed by atoms with van der Waals surface area (Å²) in [5.74, 6) is 3.88. The predicted molar refractivity (Wildman–Crippen MR) is 101 cm³/mol. The summed E-state index contributed by atoms with van der Waals surface area (Å²) in [7, 11) is 0. The van der Waals surface area contributed by atoms with Gasteiger partial charge in [0.05, 0.1) is 0 Å². The van der Waals surface area contributed by atoms with E-state index in [9.17, 15) is 0 Å². The molecule has 0 aliphatic heterocycles. The van der Waals surface area contributed by atoms with E-state index in [2.05, 4.69) is 43.4 Å². The van der Waals surface area contributed by atoms with Crippen LogP contribution in [0.25, 0.3) is 0 Å². The van der Waals surface area contributed by atoms with Crippen LogP contribution in [0.5, 0.6) is 0 Å². The Morgan fingerprint density at radius 2 is 1.39 bits per heavy atom. The van der Waals surface area contributed by atoms with Gasteiger partial charge in [-0.05, 0) is 86.3 Å². The molecule has 0 bridgehead atoms. The molecule has 1 nitrogen and oxygen atoms in total. The molecule has 2 aliphatic carbocycles. The van der Waals surface area contributed by atoms with Gasteiger partial charge >= 0.3 is 0 Å². The number of hydrogen-bond donors (Lipinski definition) is 1. The first-order valence-corrected chi connectivity index (χ1v) is 10.1. The fraction of sp³-hybridized carbons (Fsp3) is 0.727. The molecule has 0 spiro atoms. The highest BCUT2D eigenvalue weighted by molar-refractivity contribution is 5.45. The highest BCUT2D eigenvalue weighted by Crippen LogP contribution is 2.43. The van der Waals surface area contributed by atoms with Crippen molar-refractivity contribution in [2.75, 3.05) is 11.9 Å². The van der Waals surface area contributed by atoms with Crippen LogP contribution in [-0.4, -0.2) is 6.54 Å². The van der Waals surface area contributed by atoms with Gasteiger partial charge in [-0.2, -0.15) is 0 Å². The molecular weight excluding hydrogens is 278 g/mol. The Labute approximate surface area is 143 Å². The average Bonchev–Trinajstić information content (AvgIpc) is 2.61. The lowest BCUT2D eigenvalue weighted by Gasteiger charge is -2.37. The van der Waals surface area contributed by atoms with E-state index >= 15 is 0 Å². The largest absolute Gasteiger partial charge is 0.385 e. The van der Waals surface area contributed by atoms with Crippen molar-refractivity contribution in [3.05, 3.63) is 29.8 Å². The molecule has 0 atom stereocenters. The van der Waals surface area contributed by atoms with Crippen molar-refractivity contribution in [3.63, 3.8) is 0 Å². The molecule has 0 saturated heterocycles. The van der Waals surface area contributed by atoms with E-state index in [4.69, 9.17) is 0 Å². The van der Waals surface area contributed by atoms with Crippen LogP contribution in [0.2, 0.25) is 0 Å². The molecule has 1 aromatic rings. The Bertz CT molecular complexity index is 447. The zero-order valence-electron chi connectivity index (χ0n) is 15.2. The predicted octanol–water partition coefficient (Wildman–Crippen LogP) is 6.61. The third-order valence-electron chi connectivity index (χ3n) is 6.46. The van der Waals surface area contributed by atoms with Crippen LogP contribution in [0.15, 0.2) is 24.3 Å². The molecule has 1 aromatic carbocycles. The van der Waals surface area contributed by atoms with Crippen molar-refractivity contribution >= 4 is 5.69 Å². The van der Waals surface area contributed by atoms with E-state index in [0.717, 1.165) is 30.2 Å². The topological polar surface area (TPSA) is 12.0 Å². The molecule has 2 aliphatic rings. The lowest BCUT2D eigenvalue weighted by Crippen LogP contribution is -2.24. The number of anilines is 1. The fourth-order valence-corrected chi connectivity index (χ4v) is 4.82. The SMILES string of the molecule is CCCNc1ccc(C2CCC(C3CCC(C)CC3)CC2)cc1. The second-order valence-electron chi connectivity index (χ2n) is 8.18. The first-order chi connectivity index (χ1) is 11.3. The Morgan fingerprint density at radius 1 is 0.826 bits per heavy atom. The molecule has 3 rings (SSSR count). The first kappa shape index (κ1) is 16.9. The van der Waals surface area contributed by atoms with E-state index in [0.29, 0.717) is 0 Å². The summed E-state index contributed by atoms with van der Waals surface area (Å²) in [6, 6.07) is 9.29. The van der Waals surface area contributed by atoms with Crippen molar-refractivity contribution in [3.8, 4) is 0 Å². The summed E-state index contributed by atoms with van der Waals surface area (Å²) in [5, 5.41) is 3.48. The molecule has 0 radical (unpaired) electrons. The number of nitrogens with one attached hydrogen (secondary N) is 1. The normalized spacial score (nSPS) is 31.7. The monoisotopic (exact) mass is 313 g/mol. The molecule has 0 heterocycles. The summed E-state index contributed by atoms with van der Waals surface area (Å²) in [6.45, 7) is 5.73. The van der Waals surface area contributed by atoms with Gasteiger partial charge in [0.2, 0.25) is 0 Å². The fourth-order valence-electron chi connectivity index (χ4n) is 4.82. The van der Waals surface area contributed by atoms with E-state index in [1.54, 1.807) is 5.56 Å². The zero-order chi connectivity index (χ0) is 16.1. The molecule has 23 heavy (non-hydrogen) atoms. The van der Waals surface area contributed by atoms with Crippen molar-refractivity contribution in [1.82, 2.24) is 0 Å². The maximum absolute atomic E-state index is 3.48. The summed E-state index contributed by atoms with van der Waals surface area (Å²) in [5.41, 5.74) is 2.85. The van der Waals surface area contributed by atoms with Crippen molar-refractivity contribution in [2.24, 2.45) is 17.8 Å². The second kappa shape index (κ2) is 8.22. The van der Waals surface area contributed by atoms with E-state index in [1.165, 1.54) is 63.5 Å². The lowest BCUT2D eigenvalue weighted by molar-refractivity contribution is 0.165. The highest BCUT2D eigenvalue weighted by atomic mass is 14.9. The van der Waals surface area contributed by atoms with Gasteiger partial charge in [-0.15, -0.1) is 0 Å². The average molecular weight is 314 g/mol. The Balaban J connectivity index is 1.48. The maximum atomic E-state index is 3.48. The summed E-state index contributed by atoms with van der Waals surface area (Å²) in [6.07, 6.45) is 12.9. The van der Waals surface area contributed by atoms with Crippen LogP contribution in [0.3, 0.4) is 0 Å². The third-order valence-corrected chi connectivity index (χ3v) is 6.46. The second-order valence-corrected chi connectivity index (χ2v) is 8.18. The van der Waals surface area contributed by atoms with Crippen molar-refractivity contribution in [2.45, 2.75) is 77.6 Å². The molecule has 0 aromatic heterocycles. The molecule has 0 amide bonds. The van der Waals surface area contributed by atoms with Gasteiger partial charge in [0.25, 0.3) is 0 Å². The number of rotatable bonds is 5. The van der Waals surface area contributed by atoms with Crippen LogP contribution in [0.4, 0.5) is 5.69 Å². The zero-order valence-corrected chi connectivity index (χ0v) is 15.2. The third kappa shape index (κ3) is 4.52. The van der Waals surface area contributed by atoms with Crippen molar-refractivity contribution in [1.29, 1.82) is 0 Å². The van der Waals surface area contributed by atoms with Gasteiger partial charge in [-0.1, -0.05) is 38.8 Å². The standard InChI is InChI=1S/C22H35N/c1-3-16-23-22-14-12-21(13-15-22)20-10-8-19(9-11-20)18-6-4-17(2)5-7-18/h12-15,17-20,23H,3-11,16H2,1-2H3. The van der Waals surface area contributed by atoms with E-state index in [1.807, 2.05) is 0 Å². The minimum Gasteiger partial charge on any atom is -0.385 e. The van der Waals surface area contributed by atoms with E-state index < -0.39 is 0 Å². The van der Waals surface area contributed by atoms with Gasteiger partial charge in [-0.3, -0.25) is 0 Å². The molecule has 128 valence electrons. The van der Waals surface area contributed by atoms with Gasteiger partial charge < -0.3 is 5.32 Å². The quantitative estimate of drug-likeness (QED) is 0.645. The van der Waals surface area contributed by atoms with Crippen molar-refractivity contribution < 1.29 is 0 Å². The van der Waals surface area contributed by atoms with Crippen LogP contribution in [0, 0.1) is 17.8 Å². The van der Waals surface area contributed by atoms with Gasteiger partial charge in [0.1, 0.15) is 0 Å². The minimum atomic E-state index is 0.814. The molecule has 2 fully saturated rings. The molecule has 2 saturated carbocycles. The van der Waals surface area contributed by atoms with Crippen LogP contribution < -0.4 is 5.32 Å². The first-order valence-electron chi connectivity index (χ1n) is 10.1.